The fourth-order valence-corrected chi connectivity index (χ4v) is 4.82. The van der Waals surface area contributed by atoms with Gasteiger partial charge in [-0.1, -0.05) is 25.0 Å². The second-order valence-electron chi connectivity index (χ2n) is 8.89. The molecule has 1 saturated carbocycles. The summed E-state index contributed by atoms with van der Waals surface area (Å²) < 4.78 is 5.30. The van der Waals surface area contributed by atoms with E-state index < -0.39 is 0 Å². The quantitative estimate of drug-likeness (QED) is 0.728. The van der Waals surface area contributed by atoms with E-state index in [1.165, 1.54) is 25.7 Å². The number of aryl methyl sites for hydroxylation is 1. The Balaban J connectivity index is 1.35. The summed E-state index contributed by atoms with van der Waals surface area (Å²) in [6.45, 7) is 3.35. The minimum absolute atomic E-state index is 0.218. The number of nitrogens with zero attached hydrogens (tertiary/aromatic N) is 3. The molecule has 1 aromatic heterocycles. The molecule has 2 aromatic rings. The maximum Gasteiger partial charge on any atom is 0.259 e. The average molecular weight is 437 g/mol. The average Bonchev–Trinajstić information content (AvgIpc) is 3.32. The van der Waals surface area contributed by atoms with Gasteiger partial charge in [-0.3, -0.25) is 9.59 Å². The predicted octanol–water partition coefficient (Wildman–Crippen LogP) is 4.33. The lowest BCUT2D eigenvalue weighted by Crippen LogP contribution is -2.38. The van der Waals surface area contributed by atoms with Crippen molar-refractivity contribution < 1.29 is 14.3 Å². The number of nitrogens with one attached hydrogen (secondary N) is 1. The van der Waals surface area contributed by atoms with Crippen LogP contribution in [0.2, 0.25) is 0 Å². The zero-order valence-electron chi connectivity index (χ0n) is 19.0. The van der Waals surface area contributed by atoms with E-state index in [0.717, 1.165) is 31.8 Å². The largest absolute Gasteiger partial charge is 0.495 e. The number of piperidine rings is 1. The fraction of sp³-hybridized carbons (Fsp3) is 0.520. The SMILES string of the molecule is COc1ccccc1NC(=O)c1cnc(C2CCN(C(=O)CC3CCCC3)CC2)nc1C. The van der Waals surface area contributed by atoms with Crippen molar-refractivity contribution in [3.05, 3.63) is 47.5 Å². The van der Waals surface area contributed by atoms with Crippen LogP contribution in [0.4, 0.5) is 5.69 Å². The topological polar surface area (TPSA) is 84.4 Å². The summed E-state index contributed by atoms with van der Waals surface area (Å²) in [5.74, 6) is 2.21. The first-order valence-corrected chi connectivity index (χ1v) is 11.6. The molecule has 2 heterocycles. The number of hydrogen-bond acceptors (Lipinski definition) is 5. The predicted molar refractivity (Wildman–Crippen MR) is 123 cm³/mol. The molecule has 1 aromatic carbocycles. The van der Waals surface area contributed by atoms with Crippen LogP contribution in [0.1, 0.15) is 72.7 Å². The molecule has 7 nitrogen and oxygen atoms in total. The Morgan fingerprint density at radius 1 is 1.12 bits per heavy atom. The zero-order chi connectivity index (χ0) is 22.5. The van der Waals surface area contributed by atoms with Crippen LogP contribution >= 0.6 is 0 Å². The molecule has 1 aliphatic carbocycles. The Morgan fingerprint density at radius 2 is 1.84 bits per heavy atom. The first-order chi connectivity index (χ1) is 15.5. The van der Waals surface area contributed by atoms with Crippen molar-refractivity contribution in [1.82, 2.24) is 14.9 Å². The van der Waals surface area contributed by atoms with Crippen LogP contribution in [0.3, 0.4) is 0 Å². The first-order valence-electron chi connectivity index (χ1n) is 11.6. The van der Waals surface area contributed by atoms with Crippen molar-refractivity contribution in [3.8, 4) is 5.75 Å². The number of carbonyl (C=O) groups excluding carboxylic acids is 2. The molecule has 2 fully saturated rings. The van der Waals surface area contributed by atoms with Gasteiger partial charge in [0.25, 0.3) is 5.91 Å². The van der Waals surface area contributed by atoms with Gasteiger partial charge in [0.1, 0.15) is 11.6 Å². The van der Waals surface area contributed by atoms with E-state index in [0.29, 0.717) is 40.9 Å². The molecule has 7 heteroatoms. The van der Waals surface area contributed by atoms with Crippen molar-refractivity contribution >= 4 is 17.5 Å². The minimum atomic E-state index is -0.258. The zero-order valence-corrected chi connectivity index (χ0v) is 19.0. The molecule has 32 heavy (non-hydrogen) atoms. The van der Waals surface area contributed by atoms with E-state index in [1.54, 1.807) is 25.4 Å². The Bertz CT molecular complexity index is 963. The maximum absolute atomic E-state index is 12.8. The van der Waals surface area contributed by atoms with Crippen LogP contribution in [0.5, 0.6) is 5.75 Å². The molecular weight excluding hydrogens is 404 g/mol. The van der Waals surface area contributed by atoms with Gasteiger partial charge >= 0.3 is 0 Å². The summed E-state index contributed by atoms with van der Waals surface area (Å²) in [4.78, 5) is 36.5. The van der Waals surface area contributed by atoms with Crippen LogP contribution in [0.25, 0.3) is 0 Å². The normalized spacial score (nSPS) is 17.4. The number of aromatic nitrogens is 2. The van der Waals surface area contributed by atoms with Gasteiger partial charge in [-0.05, 0) is 50.7 Å². The van der Waals surface area contributed by atoms with Gasteiger partial charge < -0.3 is 15.0 Å². The summed E-state index contributed by atoms with van der Waals surface area (Å²) >= 11 is 0. The maximum atomic E-state index is 12.8. The number of benzene rings is 1. The Kier molecular flexibility index (Phi) is 7.02. The number of methoxy groups -OCH3 is 1. The van der Waals surface area contributed by atoms with E-state index >= 15 is 0 Å². The first kappa shape index (κ1) is 22.2. The van der Waals surface area contributed by atoms with E-state index in [2.05, 4.69) is 15.3 Å². The van der Waals surface area contributed by atoms with Gasteiger partial charge in [-0.2, -0.15) is 0 Å². The fourth-order valence-electron chi connectivity index (χ4n) is 4.82. The summed E-state index contributed by atoms with van der Waals surface area (Å²) in [6, 6.07) is 7.29. The number of carbonyl (C=O) groups is 2. The lowest BCUT2D eigenvalue weighted by Gasteiger charge is -2.32. The summed E-state index contributed by atoms with van der Waals surface area (Å²) in [5, 5.41) is 2.88. The van der Waals surface area contributed by atoms with Gasteiger partial charge in [0.15, 0.2) is 0 Å². The number of rotatable bonds is 6. The molecule has 0 spiro atoms. The standard InChI is InChI=1S/C25H32N4O3/c1-17-20(25(31)28-21-9-5-6-10-22(21)32-2)16-26-24(27-17)19-11-13-29(14-12-19)23(30)15-18-7-3-4-8-18/h5-6,9-10,16,18-19H,3-4,7-8,11-15H2,1-2H3,(H,28,31). The molecule has 0 atom stereocenters. The Morgan fingerprint density at radius 3 is 2.53 bits per heavy atom. The van der Waals surface area contributed by atoms with Gasteiger partial charge in [0.05, 0.1) is 24.1 Å². The molecule has 1 aliphatic heterocycles. The molecule has 1 saturated heterocycles. The Hall–Kier alpha value is -2.96. The van der Waals surface area contributed by atoms with Crippen LogP contribution in [0.15, 0.2) is 30.5 Å². The molecule has 0 unspecified atom stereocenters. The van der Waals surface area contributed by atoms with Gasteiger partial charge in [-0.15, -0.1) is 0 Å². The van der Waals surface area contributed by atoms with Crippen molar-refractivity contribution in [2.24, 2.45) is 5.92 Å². The van der Waals surface area contributed by atoms with E-state index in [9.17, 15) is 9.59 Å². The molecule has 1 N–H and O–H groups in total. The third kappa shape index (κ3) is 5.09. The molecule has 0 bridgehead atoms. The van der Waals surface area contributed by atoms with Crippen LogP contribution in [0, 0.1) is 12.8 Å². The van der Waals surface area contributed by atoms with E-state index in [-0.39, 0.29) is 11.8 Å². The number of para-hydroxylation sites is 2. The van der Waals surface area contributed by atoms with Gasteiger partial charge in [-0.25, -0.2) is 9.97 Å². The molecule has 0 radical (unpaired) electrons. The highest BCUT2D eigenvalue weighted by atomic mass is 16.5. The third-order valence-electron chi connectivity index (χ3n) is 6.75. The van der Waals surface area contributed by atoms with Gasteiger partial charge in [0.2, 0.25) is 5.91 Å². The highest BCUT2D eigenvalue weighted by Gasteiger charge is 2.28. The van der Waals surface area contributed by atoms with Crippen LogP contribution in [-0.4, -0.2) is 46.9 Å². The number of ether oxygens (including phenoxy) is 1. The molecule has 2 amide bonds. The van der Waals surface area contributed by atoms with Crippen molar-refractivity contribution in [2.75, 3.05) is 25.5 Å². The van der Waals surface area contributed by atoms with Crippen LogP contribution < -0.4 is 10.1 Å². The van der Waals surface area contributed by atoms with E-state index in [1.807, 2.05) is 24.0 Å². The second-order valence-corrected chi connectivity index (χ2v) is 8.89. The lowest BCUT2D eigenvalue weighted by atomic mass is 9.94. The van der Waals surface area contributed by atoms with Crippen molar-refractivity contribution in [1.29, 1.82) is 0 Å². The number of hydrogen-bond donors (Lipinski definition) is 1. The molecule has 4 rings (SSSR count). The van der Waals surface area contributed by atoms with Crippen molar-refractivity contribution in [3.63, 3.8) is 0 Å². The monoisotopic (exact) mass is 436 g/mol. The van der Waals surface area contributed by atoms with Crippen LogP contribution in [-0.2, 0) is 4.79 Å². The number of anilines is 1. The van der Waals surface area contributed by atoms with Crippen molar-refractivity contribution in [2.45, 2.75) is 57.8 Å². The number of likely N-dealkylation sites (tertiary alicyclic amines) is 1. The van der Waals surface area contributed by atoms with Gasteiger partial charge in [0, 0.05) is 31.6 Å². The summed E-state index contributed by atoms with van der Waals surface area (Å²) in [7, 11) is 1.57. The smallest absolute Gasteiger partial charge is 0.259 e. The van der Waals surface area contributed by atoms with E-state index in [4.69, 9.17) is 4.74 Å². The highest BCUT2D eigenvalue weighted by Crippen LogP contribution is 2.31. The second kappa shape index (κ2) is 10.1. The summed E-state index contributed by atoms with van der Waals surface area (Å²) in [6.07, 6.45) is 8.98. The molecular formula is C25H32N4O3. The number of amides is 2. The third-order valence-corrected chi connectivity index (χ3v) is 6.75. The highest BCUT2D eigenvalue weighted by molar-refractivity contribution is 6.05. The molecule has 170 valence electrons. The lowest BCUT2D eigenvalue weighted by molar-refractivity contribution is -0.133. The summed E-state index contributed by atoms with van der Waals surface area (Å²) in [5.41, 5.74) is 1.71. The minimum Gasteiger partial charge on any atom is -0.495 e. The molecule has 2 aliphatic rings. The Labute approximate surface area is 189 Å².